The van der Waals surface area contributed by atoms with Crippen molar-refractivity contribution in [3.63, 3.8) is 0 Å². The molecule has 0 bridgehead atoms. The molecule has 1 unspecified atom stereocenters. The Hall–Kier alpha value is -6.81. The van der Waals surface area contributed by atoms with Crippen molar-refractivity contribution in [2.24, 2.45) is 29.4 Å². The van der Waals surface area contributed by atoms with Crippen LogP contribution in [0.1, 0.15) is 118 Å². The van der Waals surface area contributed by atoms with Crippen LogP contribution in [0.3, 0.4) is 0 Å². The van der Waals surface area contributed by atoms with Gasteiger partial charge in [0.1, 0.15) is 24.7 Å². The Kier molecular flexibility index (Phi) is 29.3. The van der Waals surface area contributed by atoms with Crippen LogP contribution in [-0.4, -0.2) is 145 Å². The van der Waals surface area contributed by atoms with Gasteiger partial charge >= 0.3 is 18.1 Å². The van der Waals surface area contributed by atoms with Crippen molar-refractivity contribution >= 4 is 59.2 Å². The number of rotatable bonds is 34. The van der Waals surface area contributed by atoms with E-state index >= 15 is 0 Å². The number of nitrogens with two attached hydrogens (primary N) is 1. The van der Waals surface area contributed by atoms with E-state index in [9.17, 15) is 43.2 Å². The fourth-order valence-electron chi connectivity index (χ4n) is 8.75. The van der Waals surface area contributed by atoms with Gasteiger partial charge in [-0.2, -0.15) is 0 Å². The highest BCUT2D eigenvalue weighted by Crippen LogP contribution is 2.24. The average Bonchev–Trinajstić information content (AvgIpc) is 3.36. The Bertz CT molecular complexity index is 2210. The van der Waals surface area contributed by atoms with Crippen LogP contribution >= 0.6 is 0 Å². The van der Waals surface area contributed by atoms with Gasteiger partial charge in [0.2, 0.25) is 35.4 Å². The highest BCUT2D eigenvalue weighted by Gasteiger charge is 2.40. The lowest BCUT2D eigenvalue weighted by atomic mass is 9.89. The normalized spacial score (nSPS) is 14.4. The Labute approximate surface area is 454 Å². The quantitative estimate of drug-likeness (QED) is 0.0350. The first-order valence-corrected chi connectivity index (χ1v) is 26.6. The molecule has 0 spiro atoms. The van der Waals surface area contributed by atoms with Gasteiger partial charge in [-0.1, -0.05) is 104 Å². The van der Waals surface area contributed by atoms with E-state index in [1.54, 1.807) is 50.1 Å². The molecule has 2 aromatic rings. The molecular formula is C55H88N10O12. The van der Waals surface area contributed by atoms with Gasteiger partial charge in [-0.3, -0.25) is 43.8 Å². The van der Waals surface area contributed by atoms with Crippen molar-refractivity contribution in [2.75, 3.05) is 39.6 Å². The summed E-state index contributed by atoms with van der Waals surface area (Å²) in [6, 6.07) is 12.1. The summed E-state index contributed by atoms with van der Waals surface area (Å²) >= 11 is 0. The number of urea groups is 1. The van der Waals surface area contributed by atoms with E-state index in [1.165, 1.54) is 24.6 Å². The van der Waals surface area contributed by atoms with Gasteiger partial charge in [-0.25, -0.2) is 9.59 Å². The van der Waals surface area contributed by atoms with Gasteiger partial charge in [-0.15, -0.1) is 0 Å². The summed E-state index contributed by atoms with van der Waals surface area (Å²) in [6.07, 6.45) is -0.219. The van der Waals surface area contributed by atoms with Crippen LogP contribution < -0.4 is 43.0 Å². The fourth-order valence-corrected chi connectivity index (χ4v) is 8.75. The molecule has 0 aliphatic heterocycles. The highest BCUT2D eigenvalue weighted by molar-refractivity contribution is 5.98. The second kappa shape index (κ2) is 34.1. The number of anilines is 1. The zero-order valence-electron chi connectivity index (χ0n) is 47.2. The molecule has 0 radical (unpaired) electrons. The van der Waals surface area contributed by atoms with Gasteiger partial charge in [0.15, 0.2) is 0 Å². The first kappa shape index (κ1) is 66.3. The molecule has 10 N–H and O–H groups in total. The van der Waals surface area contributed by atoms with Gasteiger partial charge in [-0.05, 0) is 79.5 Å². The largest absolute Gasteiger partial charge is 0.481 e. The maximum atomic E-state index is 14.6. The number of hydrogen-bond donors (Lipinski definition) is 9. The van der Waals surface area contributed by atoms with Crippen molar-refractivity contribution in [2.45, 2.75) is 163 Å². The Morgan fingerprint density at radius 2 is 1.35 bits per heavy atom. The molecule has 0 aromatic heterocycles. The number of carboxylic acids is 1. The number of methoxy groups -OCH3 is 1. The predicted molar refractivity (Wildman–Crippen MR) is 293 cm³/mol. The molecule has 2 aromatic carbocycles. The number of primary amides is 1. The summed E-state index contributed by atoms with van der Waals surface area (Å²) in [7, 11) is 4.62. The molecule has 0 aliphatic carbocycles. The monoisotopic (exact) mass is 1080 g/mol. The SMILES string of the molecule is CC[C@H](C)[C@@H]([C@@H](CC(=O)NC(N[C@H](C)Cc1ccccc1)C(C)C)OC)N(C)C(=O)[C@@H](NC(=O)[C@H](C(C)C)N(C)C(=O)OCc1ccc(NC(=O)[C@H](CCCNC(N)=O)NC(=O)CNC(=O)CCCC(=O)O)cc1)C(C)C. The number of benzene rings is 2. The van der Waals surface area contributed by atoms with Crippen molar-refractivity contribution < 1.29 is 57.7 Å². The number of hydrogen-bond acceptors (Lipinski definition) is 12. The van der Waals surface area contributed by atoms with E-state index in [2.05, 4.69) is 56.3 Å². The summed E-state index contributed by atoms with van der Waals surface area (Å²) in [4.78, 5) is 119. The Balaban J connectivity index is 2.13. The minimum absolute atomic E-state index is 0.0173. The molecule has 2 rings (SSSR count). The third-order valence-corrected chi connectivity index (χ3v) is 13.2. The van der Waals surface area contributed by atoms with E-state index in [0.717, 1.165) is 6.42 Å². The smallest absolute Gasteiger partial charge is 0.410 e. The standard InChI is InChI=1S/C55H88N10O12/c1-13-36(8)49(42(76-12)30-44(67)62-50(35(6)7)59-37(9)29-38-19-15-14-16-20-38)64(10)53(73)47(33(2)3)63-52(72)48(34(4)5)65(11)55(75)77-32-39-24-26-40(27-25-39)60-51(71)41(21-18-28-57-54(56)74)61-45(68)31-58-43(66)22-17-23-46(69)70/h14-16,19-20,24-27,33-37,41-42,47-50,59H,13,17-18,21-23,28-32H2,1-12H3,(H,58,66)(H,60,71)(H,61,68)(H,62,67)(H,63,72)(H,69,70)(H3,56,57,74)/t36-,37+,41-,42+,47-,48-,49-,50?/m0/s1. The third-order valence-electron chi connectivity index (χ3n) is 13.2. The second-order valence-corrected chi connectivity index (χ2v) is 20.7. The summed E-state index contributed by atoms with van der Waals surface area (Å²) in [6.45, 7) is 16.8. The second-order valence-electron chi connectivity index (χ2n) is 20.7. The van der Waals surface area contributed by atoms with Crippen molar-refractivity contribution in [3.8, 4) is 0 Å². The van der Waals surface area contributed by atoms with Gasteiger partial charge in [0.25, 0.3) is 0 Å². The number of carboxylic acid groups (broad SMARTS) is 1. The molecule has 9 amide bonds. The third kappa shape index (κ3) is 24.0. The summed E-state index contributed by atoms with van der Waals surface area (Å²) in [5.41, 5.74) is 7.20. The fraction of sp³-hybridized carbons (Fsp3) is 0.618. The van der Waals surface area contributed by atoms with Crippen molar-refractivity contribution in [1.82, 2.24) is 41.7 Å². The van der Waals surface area contributed by atoms with Gasteiger partial charge in [0.05, 0.1) is 31.3 Å². The molecule has 22 heteroatoms. The predicted octanol–water partition coefficient (Wildman–Crippen LogP) is 4.26. The number of likely N-dealkylation sites (N-methyl/N-ethyl adjacent to an activating group) is 2. The lowest BCUT2D eigenvalue weighted by Crippen LogP contribution is -2.60. The molecule has 0 saturated carbocycles. The number of nitrogens with zero attached hydrogens (tertiary/aromatic N) is 2. The lowest BCUT2D eigenvalue weighted by molar-refractivity contribution is -0.144. The maximum Gasteiger partial charge on any atom is 0.410 e. The summed E-state index contributed by atoms with van der Waals surface area (Å²) < 4.78 is 11.6. The van der Waals surface area contributed by atoms with Crippen LogP contribution in [0.25, 0.3) is 0 Å². The molecule has 0 saturated heterocycles. The number of nitrogens with one attached hydrogen (secondary N) is 7. The van der Waals surface area contributed by atoms with E-state index in [4.69, 9.17) is 20.3 Å². The molecule has 430 valence electrons. The first-order chi connectivity index (χ1) is 36.3. The van der Waals surface area contributed by atoms with Crippen molar-refractivity contribution in [1.29, 1.82) is 0 Å². The summed E-state index contributed by atoms with van der Waals surface area (Å²) in [5, 5.41) is 28.5. The molecule has 0 aliphatic rings. The van der Waals surface area contributed by atoms with Crippen LogP contribution in [0.5, 0.6) is 0 Å². The zero-order valence-corrected chi connectivity index (χ0v) is 47.2. The topological polar surface area (TPSA) is 309 Å². The van der Waals surface area contributed by atoms with Crippen LogP contribution in [0.2, 0.25) is 0 Å². The van der Waals surface area contributed by atoms with Crippen LogP contribution in [-0.2, 0) is 56.1 Å². The maximum absolute atomic E-state index is 14.6. The van der Waals surface area contributed by atoms with E-state index < -0.39 is 84.5 Å². The van der Waals surface area contributed by atoms with Crippen LogP contribution in [0.15, 0.2) is 54.6 Å². The molecular weight excluding hydrogens is 993 g/mol. The van der Waals surface area contributed by atoms with Gasteiger partial charge in [0, 0.05) is 52.3 Å². The Morgan fingerprint density at radius 3 is 1.91 bits per heavy atom. The zero-order chi connectivity index (χ0) is 57.9. The number of ether oxygens (including phenoxy) is 2. The highest BCUT2D eigenvalue weighted by atomic mass is 16.6. The minimum Gasteiger partial charge on any atom is -0.481 e. The molecule has 22 nitrogen and oxygen atoms in total. The number of aliphatic carboxylic acids is 1. The van der Waals surface area contributed by atoms with E-state index in [0.29, 0.717) is 17.7 Å². The van der Waals surface area contributed by atoms with Gasteiger partial charge < -0.3 is 57.1 Å². The van der Waals surface area contributed by atoms with E-state index in [-0.39, 0.29) is 93.5 Å². The number of amides is 9. The molecule has 8 atom stereocenters. The number of carbonyl (C=O) groups excluding carboxylic acids is 8. The molecule has 0 heterocycles. The average molecular weight is 1080 g/mol. The number of carbonyl (C=O) groups is 9. The molecule has 77 heavy (non-hydrogen) atoms. The first-order valence-electron chi connectivity index (χ1n) is 26.6. The lowest BCUT2D eigenvalue weighted by Gasteiger charge is -2.40. The summed E-state index contributed by atoms with van der Waals surface area (Å²) in [5.74, 6) is -4.83. The minimum atomic E-state index is -1.08. The van der Waals surface area contributed by atoms with E-state index in [1.807, 2.05) is 59.7 Å². The van der Waals surface area contributed by atoms with Crippen LogP contribution in [0.4, 0.5) is 15.3 Å². The molecule has 0 fully saturated rings. The Morgan fingerprint density at radius 1 is 0.701 bits per heavy atom. The van der Waals surface area contributed by atoms with Crippen LogP contribution in [0, 0.1) is 23.7 Å². The van der Waals surface area contributed by atoms with Crippen molar-refractivity contribution in [3.05, 3.63) is 65.7 Å².